The maximum atomic E-state index is 3.58. The quantitative estimate of drug-likeness (QED) is 0.536. The highest BCUT2D eigenvalue weighted by Crippen LogP contribution is 2.34. The fourth-order valence-corrected chi connectivity index (χ4v) is 3.01. The molecule has 3 aromatic rings. The standard InChI is InChI=1S/C16H16IN/c1-16(2,3)13-6-4-5-11-12-9-10(17)7-8-14(12)18-15(11)13/h4-9,18H,1-3H3. The summed E-state index contributed by atoms with van der Waals surface area (Å²) in [7, 11) is 0. The van der Waals surface area contributed by atoms with Crippen molar-refractivity contribution in [1.29, 1.82) is 0 Å². The van der Waals surface area contributed by atoms with Gasteiger partial charge in [0.25, 0.3) is 0 Å². The third-order valence-electron chi connectivity index (χ3n) is 3.40. The van der Waals surface area contributed by atoms with Gasteiger partial charge in [0.15, 0.2) is 0 Å². The molecule has 0 bridgehead atoms. The number of aromatic amines is 1. The molecule has 0 radical (unpaired) electrons. The number of rotatable bonds is 0. The number of benzene rings is 2. The van der Waals surface area contributed by atoms with Crippen molar-refractivity contribution in [3.8, 4) is 0 Å². The average Bonchev–Trinajstić information content (AvgIpc) is 2.65. The second-order valence-corrected chi connectivity index (χ2v) is 7.04. The van der Waals surface area contributed by atoms with Crippen molar-refractivity contribution in [3.63, 3.8) is 0 Å². The van der Waals surface area contributed by atoms with Crippen LogP contribution in [0.1, 0.15) is 26.3 Å². The molecule has 0 amide bonds. The van der Waals surface area contributed by atoms with Crippen molar-refractivity contribution in [1.82, 2.24) is 4.98 Å². The van der Waals surface area contributed by atoms with E-state index in [-0.39, 0.29) is 5.41 Å². The van der Waals surface area contributed by atoms with Crippen molar-refractivity contribution in [2.45, 2.75) is 26.2 Å². The maximum absolute atomic E-state index is 3.58. The molecular formula is C16H16IN. The van der Waals surface area contributed by atoms with Gasteiger partial charge in [-0.1, -0.05) is 39.0 Å². The lowest BCUT2D eigenvalue weighted by Crippen LogP contribution is -2.11. The first kappa shape index (κ1) is 12.0. The van der Waals surface area contributed by atoms with Crippen LogP contribution >= 0.6 is 22.6 Å². The molecule has 0 atom stereocenters. The lowest BCUT2D eigenvalue weighted by atomic mass is 9.86. The highest BCUT2D eigenvalue weighted by atomic mass is 127. The van der Waals surface area contributed by atoms with Gasteiger partial charge in [0.05, 0.1) is 5.52 Å². The number of para-hydroxylation sites is 1. The Hall–Kier alpha value is -1.03. The van der Waals surface area contributed by atoms with Gasteiger partial charge < -0.3 is 4.98 Å². The van der Waals surface area contributed by atoms with Crippen LogP contribution in [-0.2, 0) is 5.41 Å². The van der Waals surface area contributed by atoms with E-state index < -0.39 is 0 Å². The molecule has 0 aliphatic rings. The van der Waals surface area contributed by atoms with Crippen LogP contribution in [0.2, 0.25) is 0 Å². The van der Waals surface area contributed by atoms with Gasteiger partial charge in [-0.05, 0) is 51.8 Å². The molecule has 1 nitrogen and oxygen atoms in total. The molecule has 0 spiro atoms. The fraction of sp³-hybridized carbons (Fsp3) is 0.250. The largest absolute Gasteiger partial charge is 0.354 e. The van der Waals surface area contributed by atoms with Crippen LogP contribution < -0.4 is 0 Å². The molecule has 3 rings (SSSR count). The topological polar surface area (TPSA) is 15.8 Å². The Morgan fingerprint density at radius 3 is 2.50 bits per heavy atom. The van der Waals surface area contributed by atoms with Crippen LogP contribution in [-0.4, -0.2) is 4.98 Å². The number of hydrogen-bond acceptors (Lipinski definition) is 0. The Labute approximate surface area is 121 Å². The molecule has 1 aromatic heterocycles. The second kappa shape index (κ2) is 3.98. The maximum Gasteiger partial charge on any atom is 0.0502 e. The smallest absolute Gasteiger partial charge is 0.0502 e. The minimum atomic E-state index is 0.160. The van der Waals surface area contributed by atoms with Gasteiger partial charge >= 0.3 is 0 Å². The van der Waals surface area contributed by atoms with Gasteiger partial charge in [0.1, 0.15) is 0 Å². The molecule has 0 saturated carbocycles. The molecule has 18 heavy (non-hydrogen) atoms. The minimum Gasteiger partial charge on any atom is -0.354 e. The normalized spacial score (nSPS) is 12.4. The van der Waals surface area contributed by atoms with Crippen molar-refractivity contribution in [3.05, 3.63) is 45.5 Å². The van der Waals surface area contributed by atoms with Gasteiger partial charge in [-0.3, -0.25) is 0 Å². The second-order valence-electron chi connectivity index (χ2n) is 5.79. The molecule has 1 N–H and O–H groups in total. The molecule has 2 heteroatoms. The lowest BCUT2D eigenvalue weighted by molar-refractivity contribution is 0.595. The summed E-state index contributed by atoms with van der Waals surface area (Å²) in [5.41, 5.74) is 4.04. The Balaban J connectivity index is 2.47. The van der Waals surface area contributed by atoms with Crippen LogP contribution in [0, 0.1) is 3.57 Å². The predicted octanol–water partition coefficient (Wildman–Crippen LogP) is 5.22. The zero-order valence-electron chi connectivity index (χ0n) is 10.8. The average molecular weight is 349 g/mol. The summed E-state index contributed by atoms with van der Waals surface area (Å²) in [5, 5.41) is 2.65. The molecule has 0 saturated heterocycles. The van der Waals surface area contributed by atoms with Crippen LogP contribution in [0.3, 0.4) is 0 Å². The molecule has 92 valence electrons. The summed E-state index contributed by atoms with van der Waals surface area (Å²) in [6.45, 7) is 6.78. The summed E-state index contributed by atoms with van der Waals surface area (Å²) >= 11 is 2.37. The molecule has 0 unspecified atom stereocenters. The Kier molecular flexibility index (Phi) is 2.66. The van der Waals surface area contributed by atoms with E-state index in [0.717, 1.165) is 0 Å². The zero-order chi connectivity index (χ0) is 12.9. The van der Waals surface area contributed by atoms with Crippen molar-refractivity contribution >= 4 is 44.4 Å². The van der Waals surface area contributed by atoms with Crippen molar-refractivity contribution in [2.75, 3.05) is 0 Å². The SMILES string of the molecule is CC(C)(C)c1cccc2c1[nH]c1ccc(I)cc12. The van der Waals surface area contributed by atoms with Gasteiger partial charge in [-0.15, -0.1) is 0 Å². The molecule has 1 heterocycles. The number of hydrogen-bond donors (Lipinski definition) is 1. The van der Waals surface area contributed by atoms with E-state index in [1.165, 1.54) is 30.9 Å². The van der Waals surface area contributed by atoms with E-state index in [1.807, 2.05) is 0 Å². The van der Waals surface area contributed by atoms with E-state index in [0.29, 0.717) is 0 Å². The molecule has 0 aliphatic carbocycles. The van der Waals surface area contributed by atoms with Crippen molar-refractivity contribution in [2.24, 2.45) is 0 Å². The Bertz CT molecular complexity index is 732. The van der Waals surface area contributed by atoms with Gasteiger partial charge in [-0.25, -0.2) is 0 Å². The highest BCUT2D eigenvalue weighted by Gasteiger charge is 2.18. The van der Waals surface area contributed by atoms with Crippen LogP contribution in [0.15, 0.2) is 36.4 Å². The van der Waals surface area contributed by atoms with Crippen molar-refractivity contribution < 1.29 is 0 Å². The van der Waals surface area contributed by atoms with E-state index >= 15 is 0 Å². The Morgan fingerprint density at radius 1 is 1.00 bits per heavy atom. The highest BCUT2D eigenvalue weighted by molar-refractivity contribution is 14.1. The molecule has 2 aromatic carbocycles. The molecule has 0 fully saturated rings. The first-order chi connectivity index (χ1) is 8.47. The Morgan fingerprint density at radius 2 is 1.78 bits per heavy atom. The number of halogens is 1. The zero-order valence-corrected chi connectivity index (χ0v) is 13.0. The summed E-state index contributed by atoms with van der Waals surface area (Å²) in [4.78, 5) is 3.58. The predicted molar refractivity (Wildman–Crippen MR) is 87.2 cm³/mol. The van der Waals surface area contributed by atoms with Gasteiger partial charge in [-0.2, -0.15) is 0 Å². The monoisotopic (exact) mass is 349 g/mol. The third-order valence-corrected chi connectivity index (χ3v) is 4.07. The van der Waals surface area contributed by atoms with E-state index in [9.17, 15) is 0 Å². The number of H-pyrrole nitrogens is 1. The summed E-state index contributed by atoms with van der Waals surface area (Å²) < 4.78 is 1.28. The molecule has 0 aliphatic heterocycles. The van der Waals surface area contributed by atoms with Gasteiger partial charge in [0.2, 0.25) is 0 Å². The van der Waals surface area contributed by atoms with Crippen LogP contribution in [0.4, 0.5) is 0 Å². The number of aromatic nitrogens is 1. The van der Waals surface area contributed by atoms with Crippen LogP contribution in [0.25, 0.3) is 21.8 Å². The summed E-state index contributed by atoms with van der Waals surface area (Å²) in [5.74, 6) is 0. The number of fused-ring (bicyclic) bond motifs is 3. The summed E-state index contributed by atoms with van der Waals surface area (Å²) in [6, 6.07) is 13.2. The van der Waals surface area contributed by atoms with E-state index in [1.54, 1.807) is 0 Å². The van der Waals surface area contributed by atoms with E-state index in [4.69, 9.17) is 0 Å². The number of nitrogens with one attached hydrogen (secondary N) is 1. The van der Waals surface area contributed by atoms with Crippen LogP contribution in [0.5, 0.6) is 0 Å². The minimum absolute atomic E-state index is 0.160. The molecular weight excluding hydrogens is 333 g/mol. The van der Waals surface area contributed by atoms with E-state index in [2.05, 4.69) is 84.7 Å². The lowest BCUT2D eigenvalue weighted by Gasteiger charge is -2.19. The third kappa shape index (κ3) is 1.83. The van der Waals surface area contributed by atoms with Gasteiger partial charge in [0, 0.05) is 19.9 Å². The first-order valence-corrected chi connectivity index (χ1v) is 7.25. The summed E-state index contributed by atoms with van der Waals surface area (Å²) in [6.07, 6.45) is 0. The fourth-order valence-electron chi connectivity index (χ4n) is 2.52. The first-order valence-electron chi connectivity index (χ1n) is 6.17.